The van der Waals surface area contributed by atoms with Crippen molar-refractivity contribution in [3.8, 4) is 0 Å². The van der Waals surface area contributed by atoms with Crippen molar-refractivity contribution in [2.24, 2.45) is 0 Å². The Hall–Kier alpha value is -0.830. The van der Waals surface area contributed by atoms with Crippen LogP contribution in [0.3, 0.4) is 0 Å². The van der Waals surface area contributed by atoms with Crippen LogP contribution >= 0.6 is 0 Å². The zero-order chi connectivity index (χ0) is 9.52. The molecule has 1 heterocycles. The highest BCUT2D eigenvalue weighted by Crippen LogP contribution is 2.11. The van der Waals surface area contributed by atoms with Crippen LogP contribution in [-0.4, -0.2) is 25.5 Å². The monoisotopic (exact) mass is 183 g/mol. The number of hydrogen-bond acceptors (Lipinski definition) is 3. The minimum Gasteiger partial charge on any atom is -0.501 e. The first-order chi connectivity index (χ1) is 6.34. The number of carbonyl (C=O) groups excluding carboxylic acids is 1. The summed E-state index contributed by atoms with van der Waals surface area (Å²) < 4.78 is 5.10. The predicted octanol–water partition coefficient (Wildman–Crippen LogP) is 1.25. The third-order valence-electron chi connectivity index (χ3n) is 2.00. The normalized spacial score (nSPS) is 16.2. The molecule has 3 nitrogen and oxygen atoms in total. The van der Waals surface area contributed by atoms with Crippen molar-refractivity contribution in [1.82, 2.24) is 5.32 Å². The Morgan fingerprint density at radius 2 is 2.54 bits per heavy atom. The molecular formula is C10H17NO2. The molecule has 1 rings (SSSR count). The molecule has 0 radical (unpaired) electrons. The summed E-state index contributed by atoms with van der Waals surface area (Å²) in [6.45, 7) is 4.18. The van der Waals surface area contributed by atoms with Crippen LogP contribution in [0.4, 0.5) is 0 Å². The summed E-state index contributed by atoms with van der Waals surface area (Å²) >= 11 is 0. The van der Waals surface area contributed by atoms with Crippen LogP contribution in [-0.2, 0) is 9.53 Å². The largest absolute Gasteiger partial charge is 0.501 e. The second kappa shape index (κ2) is 5.75. The zero-order valence-corrected chi connectivity index (χ0v) is 8.14. The molecule has 13 heavy (non-hydrogen) atoms. The SMILES string of the molecule is CCCNCC(=O)C1=COCCC1. The van der Waals surface area contributed by atoms with Crippen LogP contribution < -0.4 is 5.32 Å². The molecule has 0 fully saturated rings. The maximum absolute atomic E-state index is 11.5. The molecular weight excluding hydrogens is 166 g/mol. The number of ether oxygens (including phenoxy) is 1. The Morgan fingerprint density at radius 1 is 1.69 bits per heavy atom. The standard InChI is InChI=1S/C10H17NO2/c1-2-5-11-7-10(12)9-4-3-6-13-8-9/h8,11H,2-7H2,1H3. The van der Waals surface area contributed by atoms with Gasteiger partial charge in [0.2, 0.25) is 0 Å². The number of hydrogen-bond donors (Lipinski definition) is 1. The van der Waals surface area contributed by atoms with Gasteiger partial charge in [0.05, 0.1) is 19.4 Å². The quantitative estimate of drug-likeness (QED) is 0.652. The zero-order valence-electron chi connectivity index (χ0n) is 8.14. The Labute approximate surface area is 79.2 Å². The van der Waals surface area contributed by atoms with E-state index in [-0.39, 0.29) is 5.78 Å². The van der Waals surface area contributed by atoms with Gasteiger partial charge in [-0.25, -0.2) is 0 Å². The fourth-order valence-electron chi connectivity index (χ4n) is 1.26. The number of carbonyl (C=O) groups is 1. The van der Waals surface area contributed by atoms with Gasteiger partial charge in [-0.3, -0.25) is 4.79 Å². The van der Waals surface area contributed by atoms with Crippen molar-refractivity contribution in [2.45, 2.75) is 26.2 Å². The second-order valence-electron chi connectivity index (χ2n) is 3.22. The first kappa shape index (κ1) is 10.3. The fourth-order valence-corrected chi connectivity index (χ4v) is 1.26. The molecule has 0 aromatic rings. The van der Waals surface area contributed by atoms with E-state index in [4.69, 9.17) is 4.74 Å². The van der Waals surface area contributed by atoms with E-state index in [9.17, 15) is 4.79 Å². The Bertz CT molecular complexity index is 199. The number of rotatable bonds is 5. The molecule has 1 aliphatic rings. The van der Waals surface area contributed by atoms with Crippen molar-refractivity contribution >= 4 is 5.78 Å². The summed E-state index contributed by atoms with van der Waals surface area (Å²) in [4.78, 5) is 11.5. The topological polar surface area (TPSA) is 38.3 Å². The first-order valence-electron chi connectivity index (χ1n) is 4.89. The number of ketones is 1. The van der Waals surface area contributed by atoms with E-state index >= 15 is 0 Å². The molecule has 0 bridgehead atoms. The van der Waals surface area contributed by atoms with Gasteiger partial charge in [0.15, 0.2) is 5.78 Å². The molecule has 0 atom stereocenters. The van der Waals surface area contributed by atoms with E-state index in [1.165, 1.54) is 0 Å². The van der Waals surface area contributed by atoms with E-state index < -0.39 is 0 Å². The molecule has 3 heteroatoms. The summed E-state index contributed by atoms with van der Waals surface area (Å²) in [5, 5.41) is 3.09. The summed E-state index contributed by atoms with van der Waals surface area (Å²) in [5.41, 5.74) is 0.829. The van der Waals surface area contributed by atoms with Crippen molar-refractivity contribution in [3.63, 3.8) is 0 Å². The molecule has 0 aromatic heterocycles. The van der Waals surface area contributed by atoms with E-state index in [1.807, 2.05) is 0 Å². The third kappa shape index (κ3) is 3.59. The highest BCUT2D eigenvalue weighted by molar-refractivity contribution is 5.96. The summed E-state index contributed by atoms with van der Waals surface area (Å²) in [7, 11) is 0. The van der Waals surface area contributed by atoms with Gasteiger partial charge < -0.3 is 10.1 Å². The van der Waals surface area contributed by atoms with E-state index in [0.29, 0.717) is 6.54 Å². The van der Waals surface area contributed by atoms with Gasteiger partial charge in [-0.15, -0.1) is 0 Å². The molecule has 0 unspecified atom stereocenters. The van der Waals surface area contributed by atoms with Crippen molar-refractivity contribution in [2.75, 3.05) is 19.7 Å². The minimum absolute atomic E-state index is 0.174. The van der Waals surface area contributed by atoms with Gasteiger partial charge in [-0.1, -0.05) is 6.92 Å². The molecule has 0 aliphatic carbocycles. The van der Waals surface area contributed by atoms with Crippen LogP contribution in [0.1, 0.15) is 26.2 Å². The molecule has 74 valence electrons. The predicted molar refractivity (Wildman–Crippen MR) is 51.4 cm³/mol. The van der Waals surface area contributed by atoms with E-state index in [1.54, 1.807) is 6.26 Å². The Kier molecular flexibility index (Phi) is 4.54. The lowest BCUT2D eigenvalue weighted by Gasteiger charge is -2.12. The summed E-state index contributed by atoms with van der Waals surface area (Å²) in [6.07, 6.45) is 4.50. The smallest absolute Gasteiger partial charge is 0.175 e. The minimum atomic E-state index is 0.174. The molecule has 1 aliphatic heterocycles. The summed E-state index contributed by atoms with van der Waals surface area (Å²) in [5.74, 6) is 0.174. The average molecular weight is 183 g/mol. The first-order valence-corrected chi connectivity index (χ1v) is 4.89. The van der Waals surface area contributed by atoms with Crippen LogP contribution in [0.2, 0.25) is 0 Å². The highest BCUT2D eigenvalue weighted by Gasteiger charge is 2.12. The third-order valence-corrected chi connectivity index (χ3v) is 2.00. The van der Waals surface area contributed by atoms with E-state index in [0.717, 1.165) is 38.0 Å². The van der Waals surface area contributed by atoms with Gasteiger partial charge in [0, 0.05) is 5.57 Å². The average Bonchev–Trinajstić information content (AvgIpc) is 2.19. The van der Waals surface area contributed by atoms with Gasteiger partial charge >= 0.3 is 0 Å². The maximum Gasteiger partial charge on any atom is 0.175 e. The van der Waals surface area contributed by atoms with Crippen LogP contribution in [0.25, 0.3) is 0 Å². The lowest BCUT2D eigenvalue weighted by molar-refractivity contribution is -0.115. The van der Waals surface area contributed by atoms with Crippen molar-refractivity contribution in [1.29, 1.82) is 0 Å². The molecule has 1 N–H and O–H groups in total. The highest BCUT2D eigenvalue weighted by atomic mass is 16.5. The Balaban J connectivity index is 2.25. The van der Waals surface area contributed by atoms with Crippen molar-refractivity contribution in [3.05, 3.63) is 11.8 Å². The molecule has 0 aromatic carbocycles. The van der Waals surface area contributed by atoms with Crippen LogP contribution in [0.5, 0.6) is 0 Å². The maximum atomic E-state index is 11.5. The lowest BCUT2D eigenvalue weighted by atomic mass is 10.1. The molecule has 0 amide bonds. The van der Waals surface area contributed by atoms with Crippen LogP contribution in [0.15, 0.2) is 11.8 Å². The van der Waals surface area contributed by atoms with Crippen molar-refractivity contribution < 1.29 is 9.53 Å². The fraction of sp³-hybridized carbons (Fsp3) is 0.700. The lowest BCUT2D eigenvalue weighted by Crippen LogP contribution is -2.25. The van der Waals surface area contributed by atoms with Gasteiger partial charge in [0.25, 0.3) is 0 Å². The number of nitrogens with one attached hydrogen (secondary N) is 1. The van der Waals surface area contributed by atoms with Gasteiger partial charge in [-0.05, 0) is 25.8 Å². The Morgan fingerprint density at radius 3 is 3.15 bits per heavy atom. The number of Topliss-reactive ketones (excluding diaryl/α,β-unsaturated/α-hetero) is 1. The molecule has 0 saturated heterocycles. The molecule has 0 spiro atoms. The molecule has 0 saturated carbocycles. The summed E-state index contributed by atoms with van der Waals surface area (Å²) in [6, 6.07) is 0. The van der Waals surface area contributed by atoms with Gasteiger partial charge in [0.1, 0.15) is 0 Å². The van der Waals surface area contributed by atoms with Crippen LogP contribution in [0, 0.1) is 0 Å². The van der Waals surface area contributed by atoms with Gasteiger partial charge in [-0.2, -0.15) is 0 Å². The van der Waals surface area contributed by atoms with E-state index in [2.05, 4.69) is 12.2 Å². The second-order valence-corrected chi connectivity index (χ2v) is 3.22.